The molecule has 0 spiro atoms. The highest BCUT2D eigenvalue weighted by Gasteiger charge is 2.22. The highest BCUT2D eigenvalue weighted by atomic mass is 16.5. The van der Waals surface area contributed by atoms with Crippen LogP contribution in [0.1, 0.15) is 20.3 Å². The Morgan fingerprint density at radius 3 is 2.33 bits per heavy atom. The van der Waals surface area contributed by atoms with E-state index >= 15 is 0 Å². The van der Waals surface area contributed by atoms with Crippen LogP contribution in [-0.2, 0) is 14.3 Å². The maximum absolute atomic E-state index is 11.7. The van der Waals surface area contributed by atoms with Gasteiger partial charge in [0.15, 0.2) is 0 Å². The fourth-order valence-corrected chi connectivity index (χ4v) is 1.37. The number of nitrogens with zero attached hydrogens (tertiary/aromatic N) is 1. The molecule has 1 unspecified atom stereocenters. The quantitative estimate of drug-likeness (QED) is 0.670. The van der Waals surface area contributed by atoms with Gasteiger partial charge in [0.25, 0.3) is 0 Å². The van der Waals surface area contributed by atoms with Crippen LogP contribution in [0.4, 0.5) is 4.79 Å². The number of carbonyl (C=O) groups is 3. The smallest absolute Gasteiger partial charge is 0.326 e. The van der Waals surface area contributed by atoms with Gasteiger partial charge in [-0.25, -0.2) is 9.59 Å². The zero-order valence-corrected chi connectivity index (χ0v) is 11.1. The number of hydrogen-bond donors (Lipinski definition) is 2. The molecular weight excluding hydrogens is 240 g/mol. The van der Waals surface area contributed by atoms with E-state index in [4.69, 9.17) is 5.11 Å². The van der Waals surface area contributed by atoms with E-state index in [1.165, 1.54) is 19.1 Å². The molecule has 0 aromatic carbocycles. The number of amides is 2. The van der Waals surface area contributed by atoms with E-state index in [1.807, 2.05) is 0 Å². The third-order valence-electron chi connectivity index (χ3n) is 2.50. The largest absolute Gasteiger partial charge is 0.480 e. The topological polar surface area (TPSA) is 95.9 Å². The Morgan fingerprint density at radius 1 is 1.39 bits per heavy atom. The van der Waals surface area contributed by atoms with Crippen molar-refractivity contribution in [3.05, 3.63) is 0 Å². The van der Waals surface area contributed by atoms with Gasteiger partial charge in [0.1, 0.15) is 6.04 Å². The molecule has 0 aliphatic heterocycles. The number of hydrogen-bond acceptors (Lipinski definition) is 4. The summed E-state index contributed by atoms with van der Waals surface area (Å²) in [6, 6.07) is -1.45. The second-order valence-electron chi connectivity index (χ2n) is 4.05. The Morgan fingerprint density at radius 2 is 1.94 bits per heavy atom. The molecular formula is C11H20N2O5. The lowest BCUT2D eigenvalue weighted by molar-refractivity contribution is -0.145. The lowest BCUT2D eigenvalue weighted by atomic mass is 10.2. The summed E-state index contributed by atoms with van der Waals surface area (Å²) < 4.78 is 4.54. The number of methoxy groups -OCH3 is 1. The van der Waals surface area contributed by atoms with Crippen LogP contribution in [0.15, 0.2) is 0 Å². The molecule has 0 aliphatic rings. The molecule has 2 N–H and O–H groups in total. The molecule has 2 atom stereocenters. The average Bonchev–Trinajstić information content (AvgIpc) is 2.33. The van der Waals surface area contributed by atoms with Gasteiger partial charge in [0.05, 0.1) is 13.0 Å². The van der Waals surface area contributed by atoms with Gasteiger partial charge in [0, 0.05) is 13.6 Å². The van der Waals surface area contributed by atoms with Gasteiger partial charge in [-0.3, -0.25) is 4.79 Å². The zero-order valence-electron chi connectivity index (χ0n) is 11.1. The number of urea groups is 1. The average molecular weight is 260 g/mol. The summed E-state index contributed by atoms with van der Waals surface area (Å²) in [4.78, 5) is 34.9. The highest BCUT2D eigenvalue weighted by molar-refractivity contribution is 5.82. The molecule has 0 aromatic rings. The first-order valence-corrected chi connectivity index (χ1v) is 5.65. The Labute approximate surface area is 106 Å². The molecule has 7 heteroatoms. The molecule has 0 bridgehead atoms. The minimum Gasteiger partial charge on any atom is -0.480 e. The van der Waals surface area contributed by atoms with Crippen molar-refractivity contribution < 1.29 is 24.2 Å². The maximum atomic E-state index is 11.7. The van der Waals surface area contributed by atoms with Crippen molar-refractivity contribution in [1.82, 2.24) is 10.2 Å². The van der Waals surface area contributed by atoms with E-state index in [9.17, 15) is 14.4 Å². The van der Waals surface area contributed by atoms with Crippen molar-refractivity contribution in [3.63, 3.8) is 0 Å². The van der Waals surface area contributed by atoms with E-state index in [-0.39, 0.29) is 6.54 Å². The predicted octanol–water partition coefficient (Wildman–Crippen LogP) is 0.300. The molecule has 0 rings (SSSR count). The van der Waals surface area contributed by atoms with Crippen LogP contribution in [0, 0.1) is 5.92 Å². The van der Waals surface area contributed by atoms with E-state index in [0.29, 0.717) is 6.42 Å². The molecule has 7 nitrogen and oxygen atoms in total. The van der Waals surface area contributed by atoms with Crippen LogP contribution in [0.3, 0.4) is 0 Å². The van der Waals surface area contributed by atoms with Crippen LogP contribution in [-0.4, -0.2) is 54.7 Å². The molecule has 0 heterocycles. The Balaban J connectivity index is 4.34. The first-order valence-electron chi connectivity index (χ1n) is 5.65. The highest BCUT2D eigenvalue weighted by Crippen LogP contribution is 2.02. The number of carbonyl (C=O) groups excluding carboxylic acids is 2. The number of carboxylic acids is 1. The van der Waals surface area contributed by atoms with Crippen molar-refractivity contribution in [2.45, 2.75) is 26.3 Å². The summed E-state index contributed by atoms with van der Waals surface area (Å²) in [6.45, 7) is 3.45. The van der Waals surface area contributed by atoms with Gasteiger partial charge >= 0.3 is 18.0 Å². The van der Waals surface area contributed by atoms with Crippen molar-refractivity contribution in [3.8, 4) is 0 Å². The number of rotatable bonds is 6. The van der Waals surface area contributed by atoms with Crippen LogP contribution in [0.2, 0.25) is 0 Å². The van der Waals surface area contributed by atoms with Gasteiger partial charge in [-0.2, -0.15) is 0 Å². The molecule has 0 saturated carbocycles. The summed E-state index contributed by atoms with van der Waals surface area (Å²) in [5.74, 6) is -1.96. The minimum absolute atomic E-state index is 0.161. The summed E-state index contributed by atoms with van der Waals surface area (Å²) in [5, 5.41) is 11.2. The lowest BCUT2D eigenvalue weighted by Crippen LogP contribution is -2.47. The van der Waals surface area contributed by atoms with Gasteiger partial charge in [0.2, 0.25) is 0 Å². The number of ether oxygens (including phenoxy) is 1. The van der Waals surface area contributed by atoms with E-state index in [2.05, 4.69) is 10.1 Å². The standard InChI is InChI=1S/C11H20N2O5/c1-5-8(9(14)15)12-11(17)13(3)6-7(2)10(16)18-4/h7-8H,5-6H2,1-4H3,(H,12,17)(H,14,15)/t7?,8-/m0/s1. The third-order valence-corrected chi connectivity index (χ3v) is 2.50. The molecule has 0 radical (unpaired) electrons. The van der Waals surface area contributed by atoms with Crippen molar-refractivity contribution in [2.24, 2.45) is 5.92 Å². The van der Waals surface area contributed by atoms with E-state index in [0.717, 1.165) is 0 Å². The second-order valence-corrected chi connectivity index (χ2v) is 4.05. The summed E-state index contributed by atoms with van der Waals surface area (Å²) in [5.41, 5.74) is 0. The molecule has 0 aliphatic carbocycles. The molecule has 104 valence electrons. The number of esters is 1. The van der Waals surface area contributed by atoms with Gasteiger partial charge in [-0.05, 0) is 6.42 Å². The first kappa shape index (κ1) is 16.2. The SMILES string of the molecule is CC[C@H](NC(=O)N(C)CC(C)C(=O)OC)C(=O)O. The van der Waals surface area contributed by atoms with Crippen LogP contribution in [0.25, 0.3) is 0 Å². The van der Waals surface area contributed by atoms with Crippen LogP contribution < -0.4 is 5.32 Å². The molecule has 0 aromatic heterocycles. The predicted molar refractivity (Wildman–Crippen MR) is 64.1 cm³/mol. The molecule has 2 amide bonds. The zero-order chi connectivity index (χ0) is 14.3. The van der Waals surface area contributed by atoms with Crippen LogP contribution >= 0.6 is 0 Å². The van der Waals surface area contributed by atoms with Gasteiger partial charge in [-0.15, -0.1) is 0 Å². The second kappa shape index (κ2) is 7.52. The lowest BCUT2D eigenvalue weighted by Gasteiger charge is -2.22. The fourth-order valence-electron chi connectivity index (χ4n) is 1.37. The normalized spacial score (nSPS) is 13.3. The Kier molecular flexibility index (Phi) is 6.77. The van der Waals surface area contributed by atoms with Crippen molar-refractivity contribution in [1.29, 1.82) is 0 Å². The minimum atomic E-state index is -1.08. The molecule has 0 saturated heterocycles. The van der Waals surface area contributed by atoms with Gasteiger partial charge < -0.3 is 20.1 Å². The number of aliphatic carboxylic acids is 1. The first-order chi connectivity index (χ1) is 8.33. The maximum Gasteiger partial charge on any atom is 0.326 e. The molecule has 18 heavy (non-hydrogen) atoms. The van der Waals surface area contributed by atoms with E-state index < -0.39 is 29.9 Å². The Hall–Kier alpha value is -1.79. The molecule has 0 fully saturated rings. The fraction of sp³-hybridized carbons (Fsp3) is 0.727. The number of carboxylic acid groups (broad SMARTS) is 1. The summed E-state index contributed by atoms with van der Waals surface area (Å²) in [6.07, 6.45) is 0.293. The third kappa shape index (κ3) is 5.03. The monoisotopic (exact) mass is 260 g/mol. The number of nitrogens with one attached hydrogen (secondary N) is 1. The van der Waals surface area contributed by atoms with Crippen LogP contribution in [0.5, 0.6) is 0 Å². The van der Waals surface area contributed by atoms with Crippen molar-refractivity contribution >= 4 is 18.0 Å². The van der Waals surface area contributed by atoms with Gasteiger partial charge in [-0.1, -0.05) is 13.8 Å². The summed E-state index contributed by atoms with van der Waals surface area (Å²) in [7, 11) is 2.76. The van der Waals surface area contributed by atoms with Crippen molar-refractivity contribution in [2.75, 3.05) is 20.7 Å². The Bertz CT molecular complexity index is 319. The van der Waals surface area contributed by atoms with E-state index in [1.54, 1.807) is 13.8 Å². The summed E-state index contributed by atoms with van der Waals surface area (Å²) >= 11 is 0.